The molecule has 0 radical (unpaired) electrons. The molecule has 9 heteroatoms. The first-order valence-corrected chi connectivity index (χ1v) is 9.80. The van der Waals surface area contributed by atoms with E-state index < -0.39 is 10.8 Å². The van der Waals surface area contributed by atoms with Crippen LogP contribution in [0.1, 0.15) is 16.1 Å². The quantitative estimate of drug-likeness (QED) is 0.321. The van der Waals surface area contributed by atoms with Gasteiger partial charge in [-0.05, 0) is 36.6 Å². The van der Waals surface area contributed by atoms with Crippen LogP contribution in [0.4, 0.5) is 11.4 Å². The smallest absolute Gasteiger partial charge is 0.276 e. The van der Waals surface area contributed by atoms with Crippen LogP contribution in [-0.2, 0) is 0 Å². The minimum Gasteiger partial charge on any atom is -0.457 e. The SMILES string of the molecule is Cc1ccc(Oc2cc(NC(=O)c3cc(-c4cccs4)[nH]n3)cc([N+](=O)[O-])c2)cc1. The van der Waals surface area contributed by atoms with Crippen LogP contribution in [-0.4, -0.2) is 21.0 Å². The molecule has 0 spiro atoms. The molecule has 0 atom stereocenters. The number of carbonyl (C=O) groups excluding carboxylic acids is 1. The zero-order chi connectivity index (χ0) is 21.1. The lowest BCUT2D eigenvalue weighted by atomic mass is 10.2. The van der Waals surface area contributed by atoms with Crippen LogP contribution in [0, 0.1) is 17.0 Å². The predicted molar refractivity (Wildman–Crippen MR) is 114 cm³/mol. The van der Waals surface area contributed by atoms with Gasteiger partial charge in [0.2, 0.25) is 0 Å². The van der Waals surface area contributed by atoms with Gasteiger partial charge in [0.05, 0.1) is 27.2 Å². The molecule has 2 heterocycles. The number of aryl methyl sites for hydroxylation is 1. The van der Waals surface area contributed by atoms with Crippen LogP contribution in [0.2, 0.25) is 0 Å². The van der Waals surface area contributed by atoms with E-state index in [4.69, 9.17) is 4.74 Å². The number of benzene rings is 2. The van der Waals surface area contributed by atoms with Crippen molar-refractivity contribution in [2.75, 3.05) is 5.32 Å². The second-order valence-electron chi connectivity index (χ2n) is 6.49. The number of H-pyrrole nitrogens is 1. The number of nitrogens with one attached hydrogen (secondary N) is 2. The van der Waals surface area contributed by atoms with Crippen molar-refractivity contribution >= 4 is 28.6 Å². The summed E-state index contributed by atoms with van der Waals surface area (Å²) in [7, 11) is 0. The minimum atomic E-state index is -0.541. The number of aromatic nitrogens is 2. The first kappa shape index (κ1) is 19.3. The fraction of sp³-hybridized carbons (Fsp3) is 0.0476. The Bertz CT molecular complexity index is 1200. The van der Waals surface area contributed by atoms with Crippen molar-refractivity contribution in [2.45, 2.75) is 6.92 Å². The van der Waals surface area contributed by atoms with Crippen molar-refractivity contribution in [3.05, 3.63) is 87.4 Å². The highest BCUT2D eigenvalue weighted by atomic mass is 32.1. The Morgan fingerprint density at radius 3 is 2.63 bits per heavy atom. The Labute approximate surface area is 175 Å². The molecule has 1 amide bonds. The first-order chi connectivity index (χ1) is 14.5. The van der Waals surface area contributed by atoms with Gasteiger partial charge < -0.3 is 10.1 Å². The summed E-state index contributed by atoms with van der Waals surface area (Å²) >= 11 is 1.52. The number of rotatable bonds is 6. The van der Waals surface area contributed by atoms with E-state index in [1.54, 1.807) is 18.2 Å². The van der Waals surface area contributed by atoms with Crippen LogP contribution < -0.4 is 10.1 Å². The van der Waals surface area contributed by atoms with Crippen molar-refractivity contribution in [2.24, 2.45) is 0 Å². The van der Waals surface area contributed by atoms with Crippen LogP contribution in [0.5, 0.6) is 11.5 Å². The number of thiophene rings is 1. The number of nitro groups is 1. The second-order valence-corrected chi connectivity index (χ2v) is 7.43. The van der Waals surface area contributed by atoms with Gasteiger partial charge in [0.15, 0.2) is 5.69 Å². The molecule has 30 heavy (non-hydrogen) atoms. The first-order valence-electron chi connectivity index (χ1n) is 8.92. The largest absolute Gasteiger partial charge is 0.457 e. The minimum absolute atomic E-state index is 0.172. The van der Waals surface area contributed by atoms with Crippen molar-refractivity contribution in [1.29, 1.82) is 0 Å². The molecule has 0 aliphatic carbocycles. The monoisotopic (exact) mass is 420 g/mol. The third-order valence-corrected chi connectivity index (χ3v) is 5.12. The summed E-state index contributed by atoms with van der Waals surface area (Å²) in [6.07, 6.45) is 0. The molecule has 150 valence electrons. The molecule has 4 rings (SSSR count). The molecule has 0 unspecified atom stereocenters. The van der Waals surface area contributed by atoms with Gasteiger partial charge in [-0.15, -0.1) is 11.3 Å². The molecule has 0 saturated heterocycles. The molecule has 2 aromatic heterocycles. The Balaban J connectivity index is 1.57. The fourth-order valence-corrected chi connectivity index (χ4v) is 3.45. The van der Waals surface area contributed by atoms with Gasteiger partial charge in [0.25, 0.3) is 11.6 Å². The van der Waals surface area contributed by atoms with Gasteiger partial charge in [-0.25, -0.2) is 0 Å². The summed E-state index contributed by atoms with van der Waals surface area (Å²) < 4.78 is 5.73. The van der Waals surface area contributed by atoms with Gasteiger partial charge in [0, 0.05) is 12.1 Å². The number of ether oxygens (including phenoxy) is 1. The molecule has 2 N–H and O–H groups in total. The van der Waals surface area contributed by atoms with Crippen LogP contribution in [0.3, 0.4) is 0 Å². The summed E-state index contributed by atoms with van der Waals surface area (Å²) in [4.78, 5) is 24.3. The van der Waals surface area contributed by atoms with Gasteiger partial charge in [0.1, 0.15) is 11.5 Å². The van der Waals surface area contributed by atoms with Crippen molar-refractivity contribution < 1.29 is 14.5 Å². The molecule has 0 fully saturated rings. The Hall–Kier alpha value is -3.98. The summed E-state index contributed by atoms with van der Waals surface area (Å²) in [5.74, 6) is 0.284. The molecule has 0 aliphatic rings. The Morgan fingerprint density at radius 2 is 1.93 bits per heavy atom. The number of aromatic amines is 1. The number of anilines is 1. The normalized spacial score (nSPS) is 10.6. The van der Waals surface area contributed by atoms with E-state index in [-0.39, 0.29) is 22.8 Å². The molecule has 0 bridgehead atoms. The van der Waals surface area contributed by atoms with Gasteiger partial charge in [-0.2, -0.15) is 5.10 Å². The van der Waals surface area contributed by atoms with E-state index in [1.807, 2.05) is 36.6 Å². The van der Waals surface area contributed by atoms with Crippen molar-refractivity contribution in [1.82, 2.24) is 10.2 Å². The highest BCUT2D eigenvalue weighted by Crippen LogP contribution is 2.30. The lowest BCUT2D eigenvalue weighted by molar-refractivity contribution is -0.384. The maximum absolute atomic E-state index is 12.6. The van der Waals surface area contributed by atoms with Crippen molar-refractivity contribution in [3.8, 4) is 22.1 Å². The van der Waals surface area contributed by atoms with Crippen LogP contribution in [0.25, 0.3) is 10.6 Å². The highest BCUT2D eigenvalue weighted by Gasteiger charge is 2.16. The summed E-state index contributed by atoms with van der Waals surface area (Å²) in [5.41, 5.74) is 1.99. The fourth-order valence-electron chi connectivity index (χ4n) is 2.75. The molecule has 8 nitrogen and oxygen atoms in total. The van der Waals surface area contributed by atoms with E-state index in [0.717, 1.165) is 16.1 Å². The predicted octanol–water partition coefficient (Wildman–Crippen LogP) is 5.40. The highest BCUT2D eigenvalue weighted by molar-refractivity contribution is 7.13. The molecule has 2 aromatic carbocycles. The summed E-state index contributed by atoms with van der Waals surface area (Å²) in [6, 6.07) is 16.8. The van der Waals surface area contributed by atoms with E-state index in [1.165, 1.54) is 29.5 Å². The third-order valence-electron chi connectivity index (χ3n) is 4.21. The third kappa shape index (κ3) is 4.36. The standard InChI is InChI=1S/C21H16N4O4S/c1-13-4-6-16(7-5-13)29-17-10-14(9-15(11-17)25(27)28)22-21(26)19-12-18(23-24-19)20-3-2-8-30-20/h2-12H,1H3,(H,22,26)(H,23,24). The van der Waals surface area contributed by atoms with Gasteiger partial charge in [-0.1, -0.05) is 23.8 Å². The summed E-state index contributed by atoms with van der Waals surface area (Å²) in [6.45, 7) is 1.95. The average Bonchev–Trinajstić information content (AvgIpc) is 3.41. The lowest BCUT2D eigenvalue weighted by Gasteiger charge is -2.09. The molecule has 0 saturated carbocycles. The molecule has 4 aromatic rings. The summed E-state index contributed by atoms with van der Waals surface area (Å²) in [5, 5.41) is 22.7. The maximum Gasteiger partial charge on any atom is 0.276 e. The zero-order valence-corrected chi connectivity index (χ0v) is 16.6. The topological polar surface area (TPSA) is 110 Å². The van der Waals surface area contributed by atoms with Gasteiger partial charge >= 0.3 is 0 Å². The van der Waals surface area contributed by atoms with E-state index in [0.29, 0.717) is 5.75 Å². The molecule has 0 aliphatic heterocycles. The number of amides is 1. The number of non-ortho nitro benzene ring substituents is 1. The molecular weight excluding hydrogens is 404 g/mol. The van der Waals surface area contributed by atoms with Crippen LogP contribution in [0.15, 0.2) is 66.0 Å². The average molecular weight is 420 g/mol. The maximum atomic E-state index is 12.6. The van der Waals surface area contributed by atoms with E-state index in [2.05, 4.69) is 15.5 Å². The van der Waals surface area contributed by atoms with E-state index >= 15 is 0 Å². The Morgan fingerprint density at radius 1 is 1.13 bits per heavy atom. The van der Waals surface area contributed by atoms with Crippen LogP contribution >= 0.6 is 11.3 Å². The zero-order valence-electron chi connectivity index (χ0n) is 15.8. The molecular formula is C21H16N4O4S. The van der Waals surface area contributed by atoms with Gasteiger partial charge in [-0.3, -0.25) is 20.0 Å². The number of carbonyl (C=O) groups is 1. The number of hydrogen-bond acceptors (Lipinski definition) is 6. The van der Waals surface area contributed by atoms with E-state index in [9.17, 15) is 14.9 Å². The Kier molecular flexibility index (Phi) is 5.27. The van der Waals surface area contributed by atoms with Crippen molar-refractivity contribution in [3.63, 3.8) is 0 Å². The number of nitrogens with zero attached hydrogens (tertiary/aromatic N) is 2. The second kappa shape index (κ2) is 8.18. The number of hydrogen-bond donors (Lipinski definition) is 2. The lowest BCUT2D eigenvalue weighted by Crippen LogP contribution is -2.12. The number of nitro benzene ring substituents is 1.